The van der Waals surface area contributed by atoms with E-state index in [2.05, 4.69) is 29.1 Å². The molecule has 0 spiro atoms. The number of aromatic nitrogens is 3. The highest BCUT2D eigenvalue weighted by atomic mass is 15.3. The Morgan fingerprint density at radius 3 is 2.70 bits per heavy atom. The van der Waals surface area contributed by atoms with Gasteiger partial charge in [-0.15, -0.1) is 0 Å². The predicted octanol–water partition coefficient (Wildman–Crippen LogP) is 2.63. The van der Waals surface area contributed by atoms with E-state index in [0.29, 0.717) is 0 Å². The smallest absolute Gasteiger partial charge is 0.0702 e. The molecule has 1 aromatic carbocycles. The van der Waals surface area contributed by atoms with E-state index in [0.717, 1.165) is 33.4 Å². The van der Waals surface area contributed by atoms with Crippen molar-refractivity contribution in [2.24, 2.45) is 12.8 Å². The lowest BCUT2D eigenvalue weighted by molar-refractivity contribution is 0.728. The van der Waals surface area contributed by atoms with E-state index in [1.165, 1.54) is 0 Å². The molecule has 4 heteroatoms. The Balaban J connectivity index is 2.10. The summed E-state index contributed by atoms with van der Waals surface area (Å²) in [6, 6.07) is 10.0. The molecule has 0 fully saturated rings. The maximum atomic E-state index is 6.45. The van der Waals surface area contributed by atoms with Crippen LogP contribution in [0.1, 0.15) is 28.6 Å². The molecular weight excluding hydrogens is 248 g/mol. The van der Waals surface area contributed by atoms with Crippen molar-refractivity contribution in [2.75, 3.05) is 0 Å². The lowest BCUT2D eigenvalue weighted by Gasteiger charge is -2.14. The molecule has 0 aliphatic rings. The van der Waals surface area contributed by atoms with Gasteiger partial charge in [-0.3, -0.25) is 9.67 Å². The quantitative estimate of drug-likeness (QED) is 0.775. The van der Waals surface area contributed by atoms with Crippen molar-refractivity contribution in [1.29, 1.82) is 0 Å². The van der Waals surface area contributed by atoms with Crippen LogP contribution in [0.25, 0.3) is 10.9 Å². The number of rotatable bonds is 2. The zero-order valence-corrected chi connectivity index (χ0v) is 12.0. The summed E-state index contributed by atoms with van der Waals surface area (Å²) >= 11 is 0. The first kappa shape index (κ1) is 12.8. The lowest BCUT2D eigenvalue weighted by atomic mass is 9.96. The summed E-state index contributed by atoms with van der Waals surface area (Å²) in [5.74, 6) is 0. The zero-order chi connectivity index (χ0) is 14.3. The monoisotopic (exact) mass is 266 g/mol. The molecular formula is C16H18N4. The molecule has 20 heavy (non-hydrogen) atoms. The highest BCUT2D eigenvalue weighted by molar-refractivity contribution is 5.79. The van der Waals surface area contributed by atoms with Gasteiger partial charge in [0.2, 0.25) is 0 Å². The van der Waals surface area contributed by atoms with Crippen LogP contribution in [0.2, 0.25) is 0 Å². The van der Waals surface area contributed by atoms with Crippen molar-refractivity contribution < 1.29 is 0 Å². The van der Waals surface area contributed by atoms with E-state index in [4.69, 9.17) is 5.73 Å². The van der Waals surface area contributed by atoms with Crippen LogP contribution in [-0.4, -0.2) is 14.8 Å². The largest absolute Gasteiger partial charge is 0.320 e. The van der Waals surface area contributed by atoms with Gasteiger partial charge in [-0.2, -0.15) is 5.10 Å². The van der Waals surface area contributed by atoms with Crippen molar-refractivity contribution in [3.8, 4) is 0 Å². The van der Waals surface area contributed by atoms with Gasteiger partial charge in [-0.05, 0) is 37.6 Å². The molecule has 0 amide bonds. The Morgan fingerprint density at radius 2 is 2.00 bits per heavy atom. The zero-order valence-electron chi connectivity index (χ0n) is 12.0. The number of nitrogens with zero attached hydrogens (tertiary/aromatic N) is 3. The van der Waals surface area contributed by atoms with Gasteiger partial charge in [0.15, 0.2) is 0 Å². The third kappa shape index (κ3) is 1.98. The molecule has 2 heterocycles. The fraction of sp³-hybridized carbons (Fsp3) is 0.250. The van der Waals surface area contributed by atoms with Gasteiger partial charge in [0.25, 0.3) is 0 Å². The van der Waals surface area contributed by atoms with E-state index in [1.807, 2.05) is 36.9 Å². The summed E-state index contributed by atoms with van der Waals surface area (Å²) in [5, 5.41) is 5.55. The van der Waals surface area contributed by atoms with Gasteiger partial charge < -0.3 is 5.73 Å². The lowest BCUT2D eigenvalue weighted by Crippen LogP contribution is -2.14. The normalized spacial score (nSPS) is 12.8. The molecule has 102 valence electrons. The van der Waals surface area contributed by atoms with Gasteiger partial charge in [-0.25, -0.2) is 0 Å². The second-order valence-corrected chi connectivity index (χ2v) is 5.14. The minimum Gasteiger partial charge on any atom is -0.320 e. The van der Waals surface area contributed by atoms with Gasteiger partial charge in [0.1, 0.15) is 0 Å². The Kier molecular flexibility index (Phi) is 3.03. The van der Waals surface area contributed by atoms with Crippen LogP contribution < -0.4 is 5.73 Å². The van der Waals surface area contributed by atoms with Crippen molar-refractivity contribution in [3.05, 3.63) is 59.0 Å². The molecule has 1 atom stereocenters. The van der Waals surface area contributed by atoms with E-state index in [-0.39, 0.29) is 6.04 Å². The van der Waals surface area contributed by atoms with Crippen LogP contribution in [0, 0.1) is 13.8 Å². The molecule has 2 aromatic heterocycles. The van der Waals surface area contributed by atoms with E-state index in [1.54, 1.807) is 6.20 Å². The second kappa shape index (κ2) is 4.72. The van der Waals surface area contributed by atoms with E-state index >= 15 is 0 Å². The molecule has 4 nitrogen and oxygen atoms in total. The first-order chi connectivity index (χ1) is 9.58. The van der Waals surface area contributed by atoms with Gasteiger partial charge in [-0.1, -0.05) is 12.1 Å². The topological polar surface area (TPSA) is 56.7 Å². The number of hydrogen-bond donors (Lipinski definition) is 1. The first-order valence-corrected chi connectivity index (χ1v) is 6.68. The molecule has 3 rings (SSSR count). The van der Waals surface area contributed by atoms with Crippen LogP contribution >= 0.6 is 0 Å². The summed E-state index contributed by atoms with van der Waals surface area (Å²) in [6.45, 7) is 4.06. The number of fused-ring (bicyclic) bond motifs is 1. The molecule has 0 aliphatic heterocycles. The summed E-state index contributed by atoms with van der Waals surface area (Å²) in [6.07, 6.45) is 1.80. The van der Waals surface area contributed by atoms with Crippen molar-refractivity contribution >= 4 is 10.9 Å². The Hall–Kier alpha value is -2.20. The van der Waals surface area contributed by atoms with E-state index < -0.39 is 0 Å². The average molecular weight is 266 g/mol. The predicted molar refractivity (Wildman–Crippen MR) is 80.5 cm³/mol. The summed E-state index contributed by atoms with van der Waals surface area (Å²) in [4.78, 5) is 4.34. The number of benzene rings is 1. The summed E-state index contributed by atoms with van der Waals surface area (Å²) < 4.78 is 1.88. The SMILES string of the molecule is Cc1nn(C)c(C)c1C(N)c1ccc2ncccc2c1. The minimum atomic E-state index is -0.159. The summed E-state index contributed by atoms with van der Waals surface area (Å²) in [5.41, 5.74) is 11.7. The maximum Gasteiger partial charge on any atom is 0.0702 e. The molecule has 2 N–H and O–H groups in total. The van der Waals surface area contributed by atoms with Crippen LogP contribution in [0.5, 0.6) is 0 Å². The van der Waals surface area contributed by atoms with Crippen LogP contribution in [0.15, 0.2) is 36.5 Å². The van der Waals surface area contributed by atoms with Gasteiger partial charge >= 0.3 is 0 Å². The Labute approximate surface area is 118 Å². The molecule has 0 bridgehead atoms. The third-order valence-corrected chi connectivity index (χ3v) is 3.86. The van der Waals surface area contributed by atoms with E-state index in [9.17, 15) is 0 Å². The summed E-state index contributed by atoms with van der Waals surface area (Å²) in [7, 11) is 1.95. The molecule has 0 saturated carbocycles. The number of aryl methyl sites for hydroxylation is 2. The number of hydrogen-bond acceptors (Lipinski definition) is 3. The Bertz CT molecular complexity index is 773. The molecule has 0 aliphatic carbocycles. The van der Waals surface area contributed by atoms with Crippen molar-refractivity contribution in [1.82, 2.24) is 14.8 Å². The van der Waals surface area contributed by atoms with Crippen molar-refractivity contribution in [2.45, 2.75) is 19.9 Å². The molecule has 0 saturated heterocycles. The van der Waals surface area contributed by atoms with Crippen LogP contribution in [-0.2, 0) is 7.05 Å². The van der Waals surface area contributed by atoms with Crippen LogP contribution in [0.3, 0.4) is 0 Å². The highest BCUT2D eigenvalue weighted by Crippen LogP contribution is 2.27. The van der Waals surface area contributed by atoms with Crippen LogP contribution in [0.4, 0.5) is 0 Å². The maximum absolute atomic E-state index is 6.45. The number of nitrogens with two attached hydrogens (primary N) is 1. The average Bonchev–Trinajstić information content (AvgIpc) is 2.71. The highest BCUT2D eigenvalue weighted by Gasteiger charge is 2.18. The fourth-order valence-corrected chi connectivity index (χ4v) is 2.69. The fourth-order valence-electron chi connectivity index (χ4n) is 2.69. The van der Waals surface area contributed by atoms with Gasteiger partial charge in [0, 0.05) is 29.9 Å². The Morgan fingerprint density at radius 1 is 1.20 bits per heavy atom. The van der Waals surface area contributed by atoms with Crippen molar-refractivity contribution in [3.63, 3.8) is 0 Å². The minimum absolute atomic E-state index is 0.159. The van der Waals surface area contributed by atoms with Gasteiger partial charge in [0.05, 0.1) is 17.3 Å². The molecule has 3 aromatic rings. The molecule has 0 radical (unpaired) electrons. The number of pyridine rings is 1. The first-order valence-electron chi connectivity index (χ1n) is 6.68. The standard InChI is InChI=1S/C16H18N4/c1-10-15(11(2)20(3)19-10)16(17)13-6-7-14-12(9-13)5-4-8-18-14/h4-9,16H,17H2,1-3H3. The third-order valence-electron chi connectivity index (χ3n) is 3.86. The molecule has 1 unspecified atom stereocenters. The second-order valence-electron chi connectivity index (χ2n) is 5.14.